The zero-order chi connectivity index (χ0) is 17.1. The van der Waals surface area contributed by atoms with Crippen LogP contribution in [0.5, 0.6) is 0 Å². The Balaban J connectivity index is 2.41. The molecule has 0 spiro atoms. The van der Waals surface area contributed by atoms with E-state index >= 15 is 0 Å². The Hall–Kier alpha value is -1.57. The van der Waals surface area contributed by atoms with Gasteiger partial charge in [0.05, 0.1) is 5.70 Å². The third-order valence-electron chi connectivity index (χ3n) is 4.48. The van der Waals surface area contributed by atoms with E-state index in [0.29, 0.717) is 11.8 Å². The maximum atomic E-state index is 12.5. The molecule has 23 heavy (non-hydrogen) atoms. The van der Waals surface area contributed by atoms with Gasteiger partial charge < -0.3 is 5.32 Å². The van der Waals surface area contributed by atoms with E-state index in [4.69, 9.17) is 0 Å². The summed E-state index contributed by atoms with van der Waals surface area (Å²) in [6.07, 6.45) is 2.95. The molecule has 0 aliphatic heterocycles. The molecule has 0 amide bonds. The van der Waals surface area contributed by atoms with Gasteiger partial charge in [-0.05, 0) is 54.7 Å². The van der Waals surface area contributed by atoms with Crippen LogP contribution in [0, 0.1) is 17.8 Å². The maximum Gasteiger partial charge on any atom is 0.182 e. The fourth-order valence-corrected chi connectivity index (χ4v) is 3.44. The fourth-order valence-electron chi connectivity index (χ4n) is 3.44. The van der Waals surface area contributed by atoms with Crippen molar-refractivity contribution in [2.24, 2.45) is 17.8 Å². The Kier molecular flexibility index (Phi) is 5.67. The topological polar surface area (TPSA) is 29.1 Å². The van der Waals surface area contributed by atoms with Crippen LogP contribution in [0.2, 0.25) is 0 Å². The largest absolute Gasteiger partial charge is 0.352 e. The van der Waals surface area contributed by atoms with Gasteiger partial charge in [0, 0.05) is 11.6 Å². The van der Waals surface area contributed by atoms with Gasteiger partial charge in [0.2, 0.25) is 0 Å². The third-order valence-corrected chi connectivity index (χ3v) is 4.48. The van der Waals surface area contributed by atoms with Crippen molar-refractivity contribution < 1.29 is 4.79 Å². The molecule has 2 nitrogen and oxygen atoms in total. The molecule has 1 aromatic carbocycles. The fraction of sp³-hybridized carbons (Fsp3) is 0.571. The van der Waals surface area contributed by atoms with Crippen LogP contribution in [-0.4, -0.2) is 5.78 Å². The van der Waals surface area contributed by atoms with Crippen LogP contribution in [-0.2, 0) is 17.6 Å². The van der Waals surface area contributed by atoms with E-state index in [1.807, 2.05) is 6.92 Å². The molecule has 1 atom stereocenters. The Bertz CT molecular complexity index is 582. The van der Waals surface area contributed by atoms with Gasteiger partial charge in [0.1, 0.15) is 0 Å². The van der Waals surface area contributed by atoms with Gasteiger partial charge in [-0.15, -0.1) is 0 Å². The lowest BCUT2D eigenvalue weighted by atomic mass is 9.94. The second-order valence-corrected chi connectivity index (χ2v) is 7.90. The number of anilines is 1. The lowest BCUT2D eigenvalue weighted by Gasteiger charge is -2.20. The molecule has 2 rings (SSSR count). The molecular formula is C21H31NO. The zero-order valence-corrected chi connectivity index (χ0v) is 15.5. The van der Waals surface area contributed by atoms with Gasteiger partial charge in [0.25, 0.3) is 0 Å². The summed E-state index contributed by atoms with van der Waals surface area (Å²) in [6, 6.07) is 6.55. The molecular weight excluding hydrogens is 282 g/mol. The molecule has 0 aromatic heterocycles. The number of ketones is 1. The Labute approximate surface area is 141 Å². The highest BCUT2D eigenvalue weighted by Gasteiger charge is 2.28. The lowest BCUT2D eigenvalue weighted by molar-refractivity contribution is -0.117. The molecule has 0 heterocycles. The predicted molar refractivity (Wildman–Crippen MR) is 98.6 cm³/mol. The summed E-state index contributed by atoms with van der Waals surface area (Å²) in [5.74, 6) is 1.57. The van der Waals surface area contributed by atoms with Crippen LogP contribution < -0.4 is 5.32 Å². The van der Waals surface area contributed by atoms with Crippen LogP contribution in [0.4, 0.5) is 5.69 Å². The minimum absolute atomic E-state index is 0.114. The highest BCUT2D eigenvalue weighted by Crippen LogP contribution is 2.33. The van der Waals surface area contributed by atoms with Crippen molar-refractivity contribution >= 4 is 11.5 Å². The number of hydrogen-bond donors (Lipinski definition) is 1. The van der Waals surface area contributed by atoms with Gasteiger partial charge in [0.15, 0.2) is 5.78 Å². The minimum atomic E-state index is 0.114. The average Bonchev–Trinajstić information content (AvgIpc) is 2.67. The Morgan fingerprint density at radius 1 is 1.09 bits per heavy atom. The molecule has 1 N–H and O–H groups in total. The first-order valence-electron chi connectivity index (χ1n) is 8.91. The molecule has 1 aromatic rings. The number of carbonyl (C=O) groups excluding carboxylic acids is 1. The summed E-state index contributed by atoms with van der Waals surface area (Å²) in [4.78, 5) is 12.5. The summed E-state index contributed by atoms with van der Waals surface area (Å²) >= 11 is 0. The van der Waals surface area contributed by atoms with Crippen molar-refractivity contribution in [3.8, 4) is 0 Å². The first-order chi connectivity index (χ1) is 10.8. The van der Waals surface area contributed by atoms with Crippen LogP contribution in [0.3, 0.4) is 0 Å². The number of rotatable bonds is 6. The molecule has 126 valence electrons. The summed E-state index contributed by atoms with van der Waals surface area (Å²) in [7, 11) is 0. The first-order valence-corrected chi connectivity index (χ1v) is 8.91. The van der Waals surface area contributed by atoms with E-state index in [9.17, 15) is 4.79 Å². The molecule has 2 heteroatoms. The van der Waals surface area contributed by atoms with Gasteiger partial charge in [-0.25, -0.2) is 0 Å². The number of nitrogens with one attached hydrogen (secondary N) is 1. The number of hydrogen-bond acceptors (Lipinski definition) is 2. The van der Waals surface area contributed by atoms with Crippen molar-refractivity contribution in [2.45, 2.75) is 60.8 Å². The van der Waals surface area contributed by atoms with Crippen LogP contribution >= 0.6 is 0 Å². The summed E-state index contributed by atoms with van der Waals surface area (Å²) in [6.45, 7) is 13.1. The first kappa shape index (κ1) is 17.8. The quantitative estimate of drug-likeness (QED) is 0.764. The van der Waals surface area contributed by atoms with E-state index in [-0.39, 0.29) is 11.7 Å². The standard InChI is InChI=1S/C21H31NO/c1-13(2)10-17-8-7-9-18(11-14(3)4)20(17)22-19-15(5)12-16(6)21(19)23/h7-9,13-14,16,22H,10-12H2,1-6H3. The normalized spacial score (nSPS) is 18.4. The smallest absolute Gasteiger partial charge is 0.182 e. The average molecular weight is 313 g/mol. The summed E-state index contributed by atoms with van der Waals surface area (Å²) < 4.78 is 0. The number of carbonyl (C=O) groups is 1. The van der Waals surface area contributed by atoms with E-state index in [1.165, 1.54) is 22.4 Å². The predicted octanol–water partition coefficient (Wildman–Crippen LogP) is 5.38. The van der Waals surface area contributed by atoms with Gasteiger partial charge in [-0.2, -0.15) is 0 Å². The summed E-state index contributed by atoms with van der Waals surface area (Å²) in [5.41, 5.74) is 5.85. The van der Waals surface area contributed by atoms with Crippen molar-refractivity contribution in [2.75, 3.05) is 5.32 Å². The van der Waals surface area contributed by atoms with E-state index < -0.39 is 0 Å². The van der Waals surface area contributed by atoms with Crippen LogP contribution in [0.25, 0.3) is 0 Å². The lowest BCUT2D eigenvalue weighted by Crippen LogP contribution is -2.15. The van der Waals surface area contributed by atoms with E-state index in [0.717, 1.165) is 25.0 Å². The third kappa shape index (κ3) is 4.25. The summed E-state index contributed by atoms with van der Waals surface area (Å²) in [5, 5.41) is 3.55. The minimum Gasteiger partial charge on any atom is -0.352 e. The van der Waals surface area contributed by atoms with Gasteiger partial charge >= 0.3 is 0 Å². The second kappa shape index (κ2) is 7.33. The maximum absolute atomic E-state index is 12.5. The van der Waals surface area contributed by atoms with E-state index in [1.54, 1.807) is 0 Å². The molecule has 0 fully saturated rings. The van der Waals surface area contributed by atoms with Crippen molar-refractivity contribution in [3.63, 3.8) is 0 Å². The molecule has 1 aliphatic carbocycles. The SMILES string of the molecule is CC1=C(Nc2c(CC(C)C)cccc2CC(C)C)C(=O)C(C)C1. The van der Waals surface area contributed by atoms with Crippen molar-refractivity contribution in [1.82, 2.24) is 0 Å². The Morgan fingerprint density at radius 2 is 1.61 bits per heavy atom. The highest BCUT2D eigenvalue weighted by atomic mass is 16.1. The zero-order valence-electron chi connectivity index (χ0n) is 15.5. The monoisotopic (exact) mass is 313 g/mol. The van der Waals surface area contributed by atoms with Gasteiger partial charge in [-0.3, -0.25) is 4.79 Å². The van der Waals surface area contributed by atoms with Crippen molar-refractivity contribution in [1.29, 1.82) is 0 Å². The molecule has 0 saturated carbocycles. The molecule has 0 radical (unpaired) electrons. The number of Topliss-reactive ketones (excluding diaryl/α,β-unsaturated/α-hetero) is 1. The van der Waals surface area contributed by atoms with Crippen LogP contribution in [0.1, 0.15) is 59.1 Å². The number of allylic oxidation sites excluding steroid dienone is 2. The Morgan fingerprint density at radius 3 is 2.00 bits per heavy atom. The second-order valence-electron chi connectivity index (χ2n) is 7.90. The van der Waals surface area contributed by atoms with Gasteiger partial charge in [-0.1, -0.05) is 52.8 Å². The van der Waals surface area contributed by atoms with E-state index in [2.05, 4.69) is 58.1 Å². The molecule has 1 unspecified atom stereocenters. The van der Waals surface area contributed by atoms with Crippen molar-refractivity contribution in [3.05, 3.63) is 40.6 Å². The number of para-hydroxylation sites is 1. The molecule has 1 aliphatic rings. The highest BCUT2D eigenvalue weighted by molar-refractivity contribution is 6.03. The number of benzene rings is 1. The van der Waals surface area contributed by atoms with Crippen LogP contribution in [0.15, 0.2) is 29.5 Å². The molecule has 0 bridgehead atoms. The molecule has 0 saturated heterocycles.